The second-order valence-electron chi connectivity index (χ2n) is 4.18. The van der Waals surface area contributed by atoms with E-state index in [-0.39, 0.29) is 0 Å². The molecule has 0 aliphatic heterocycles. The Kier molecular flexibility index (Phi) is 1.98. The first-order valence-corrected chi connectivity index (χ1v) is 5.43. The number of aryl methyl sites for hydroxylation is 2. The quantitative estimate of drug-likeness (QED) is 0.695. The molecule has 0 saturated carbocycles. The lowest BCUT2D eigenvalue weighted by molar-refractivity contribution is 0.613. The number of benzene rings is 1. The van der Waals surface area contributed by atoms with Crippen LogP contribution >= 0.6 is 0 Å². The van der Waals surface area contributed by atoms with E-state index in [0.29, 0.717) is 5.82 Å². The van der Waals surface area contributed by atoms with E-state index in [4.69, 9.17) is 10.2 Å². The smallest absolute Gasteiger partial charge is 0.134 e. The number of anilines is 1. The minimum Gasteiger partial charge on any atom is -0.464 e. The van der Waals surface area contributed by atoms with Crippen LogP contribution in [0.2, 0.25) is 0 Å². The summed E-state index contributed by atoms with van der Waals surface area (Å²) in [4.78, 5) is 0. The molecule has 3 rings (SSSR count). The highest BCUT2D eigenvalue weighted by Crippen LogP contribution is 2.31. The van der Waals surface area contributed by atoms with Gasteiger partial charge in [-0.05, 0) is 18.6 Å². The third kappa shape index (κ3) is 1.41. The molecular formula is C13H13N3O. The van der Waals surface area contributed by atoms with Crippen molar-refractivity contribution in [3.63, 3.8) is 0 Å². The summed E-state index contributed by atoms with van der Waals surface area (Å²) in [5.41, 5.74) is 9.73. The lowest BCUT2D eigenvalue weighted by Crippen LogP contribution is -1.96. The zero-order chi connectivity index (χ0) is 12.0. The maximum Gasteiger partial charge on any atom is 0.134 e. The van der Waals surface area contributed by atoms with E-state index in [2.05, 4.69) is 5.10 Å². The van der Waals surface area contributed by atoms with Crippen LogP contribution in [0.5, 0.6) is 0 Å². The molecule has 0 spiro atoms. The number of rotatable bonds is 1. The summed E-state index contributed by atoms with van der Waals surface area (Å²) < 4.78 is 7.15. The highest BCUT2D eigenvalue weighted by Gasteiger charge is 2.12. The van der Waals surface area contributed by atoms with Gasteiger partial charge in [-0.15, -0.1) is 0 Å². The average Bonchev–Trinajstić information content (AvgIpc) is 2.84. The molecule has 2 heterocycles. The van der Waals surface area contributed by atoms with Crippen molar-refractivity contribution in [2.75, 3.05) is 5.73 Å². The largest absolute Gasteiger partial charge is 0.464 e. The van der Waals surface area contributed by atoms with Crippen molar-refractivity contribution in [2.24, 2.45) is 7.05 Å². The predicted octanol–water partition coefficient (Wildman–Crippen LogP) is 2.72. The lowest BCUT2D eigenvalue weighted by Gasteiger charge is -1.99. The maximum absolute atomic E-state index is 5.81. The Morgan fingerprint density at radius 2 is 2.18 bits per heavy atom. The van der Waals surface area contributed by atoms with E-state index >= 15 is 0 Å². The van der Waals surface area contributed by atoms with Gasteiger partial charge in [-0.1, -0.05) is 12.1 Å². The summed E-state index contributed by atoms with van der Waals surface area (Å²) in [6.07, 6.45) is 1.76. The van der Waals surface area contributed by atoms with E-state index in [1.165, 1.54) is 0 Å². The van der Waals surface area contributed by atoms with E-state index < -0.39 is 0 Å². The van der Waals surface area contributed by atoms with Crippen molar-refractivity contribution in [1.82, 2.24) is 9.78 Å². The van der Waals surface area contributed by atoms with Gasteiger partial charge in [0, 0.05) is 24.1 Å². The molecule has 2 aromatic heterocycles. The number of nitrogens with two attached hydrogens (primary N) is 1. The summed E-state index contributed by atoms with van der Waals surface area (Å²) in [6.45, 7) is 2.03. The summed E-state index contributed by atoms with van der Waals surface area (Å²) in [7, 11) is 1.83. The summed E-state index contributed by atoms with van der Waals surface area (Å²) >= 11 is 0. The Bertz CT molecular complexity index is 674. The van der Waals surface area contributed by atoms with Gasteiger partial charge in [0.2, 0.25) is 0 Å². The van der Waals surface area contributed by atoms with Crippen LogP contribution in [0.15, 0.2) is 34.9 Å². The first-order chi connectivity index (χ1) is 8.16. The van der Waals surface area contributed by atoms with Crippen LogP contribution < -0.4 is 5.73 Å². The van der Waals surface area contributed by atoms with Gasteiger partial charge in [0.15, 0.2) is 0 Å². The van der Waals surface area contributed by atoms with Gasteiger partial charge in [0.05, 0.1) is 12.0 Å². The highest BCUT2D eigenvalue weighted by atomic mass is 16.3. The molecule has 0 aliphatic rings. The number of fused-ring (bicyclic) bond motifs is 1. The van der Waals surface area contributed by atoms with Crippen LogP contribution in [0.4, 0.5) is 5.82 Å². The Labute approximate surface area is 98.6 Å². The topological polar surface area (TPSA) is 57.0 Å². The van der Waals surface area contributed by atoms with Gasteiger partial charge in [0.1, 0.15) is 11.4 Å². The van der Waals surface area contributed by atoms with Gasteiger partial charge in [-0.3, -0.25) is 4.68 Å². The third-order valence-corrected chi connectivity index (χ3v) is 2.98. The van der Waals surface area contributed by atoms with Crippen LogP contribution in [0.25, 0.3) is 22.2 Å². The van der Waals surface area contributed by atoms with E-state index in [9.17, 15) is 0 Å². The SMILES string of the molecule is Cc1coc2cccc(-c3cc(N)n(C)n3)c12. The molecule has 17 heavy (non-hydrogen) atoms. The molecule has 0 saturated heterocycles. The second kappa shape index (κ2) is 3.38. The molecule has 4 heteroatoms. The van der Waals surface area contributed by atoms with Crippen LogP contribution in [-0.2, 0) is 7.05 Å². The number of hydrogen-bond donors (Lipinski definition) is 1. The fourth-order valence-corrected chi connectivity index (χ4v) is 2.07. The highest BCUT2D eigenvalue weighted by molar-refractivity contribution is 5.95. The molecule has 0 radical (unpaired) electrons. The summed E-state index contributed by atoms with van der Waals surface area (Å²) in [5, 5.41) is 5.50. The van der Waals surface area contributed by atoms with Gasteiger partial charge in [-0.2, -0.15) is 5.10 Å². The number of nitrogens with zero attached hydrogens (tertiary/aromatic N) is 2. The zero-order valence-electron chi connectivity index (χ0n) is 9.77. The van der Waals surface area contributed by atoms with Crippen LogP contribution in [0, 0.1) is 6.92 Å². The molecule has 0 aliphatic carbocycles. The number of nitrogen functional groups attached to an aromatic ring is 1. The summed E-state index contributed by atoms with van der Waals surface area (Å²) in [6, 6.07) is 7.83. The van der Waals surface area contributed by atoms with E-state index in [1.54, 1.807) is 10.9 Å². The number of furan rings is 1. The van der Waals surface area contributed by atoms with Gasteiger partial charge >= 0.3 is 0 Å². The fourth-order valence-electron chi connectivity index (χ4n) is 2.07. The van der Waals surface area contributed by atoms with Gasteiger partial charge in [0.25, 0.3) is 0 Å². The molecule has 0 amide bonds. The Morgan fingerprint density at radius 1 is 1.35 bits per heavy atom. The Hall–Kier alpha value is -2.23. The molecule has 3 aromatic rings. The minimum atomic E-state index is 0.651. The standard InChI is InChI=1S/C13H13N3O/c1-8-7-17-11-5-3-4-9(13(8)11)10-6-12(14)16(2)15-10/h3-7H,14H2,1-2H3. The molecule has 0 unspecified atom stereocenters. The Balaban J connectivity index is 2.33. The third-order valence-electron chi connectivity index (χ3n) is 2.98. The Morgan fingerprint density at radius 3 is 2.88 bits per heavy atom. The van der Waals surface area contributed by atoms with Gasteiger partial charge in [-0.25, -0.2) is 0 Å². The molecule has 86 valence electrons. The van der Waals surface area contributed by atoms with Crippen LogP contribution in [0.3, 0.4) is 0 Å². The predicted molar refractivity (Wildman–Crippen MR) is 67.6 cm³/mol. The van der Waals surface area contributed by atoms with Crippen LogP contribution in [-0.4, -0.2) is 9.78 Å². The van der Waals surface area contributed by atoms with Crippen molar-refractivity contribution in [1.29, 1.82) is 0 Å². The molecule has 0 fully saturated rings. The second-order valence-corrected chi connectivity index (χ2v) is 4.18. The number of aromatic nitrogens is 2. The molecular weight excluding hydrogens is 214 g/mol. The first-order valence-electron chi connectivity index (χ1n) is 5.43. The zero-order valence-corrected chi connectivity index (χ0v) is 9.77. The normalized spacial score (nSPS) is 11.2. The van der Waals surface area contributed by atoms with E-state index in [0.717, 1.165) is 27.8 Å². The van der Waals surface area contributed by atoms with Crippen molar-refractivity contribution in [3.8, 4) is 11.3 Å². The number of hydrogen-bond acceptors (Lipinski definition) is 3. The van der Waals surface area contributed by atoms with Crippen molar-refractivity contribution >= 4 is 16.8 Å². The van der Waals surface area contributed by atoms with Crippen molar-refractivity contribution in [3.05, 3.63) is 36.1 Å². The van der Waals surface area contributed by atoms with Gasteiger partial charge < -0.3 is 10.2 Å². The molecule has 0 bridgehead atoms. The maximum atomic E-state index is 5.81. The lowest BCUT2D eigenvalue weighted by atomic mass is 10.0. The fraction of sp³-hybridized carbons (Fsp3) is 0.154. The van der Waals surface area contributed by atoms with Crippen molar-refractivity contribution < 1.29 is 4.42 Å². The average molecular weight is 227 g/mol. The first kappa shape index (κ1) is 9.96. The minimum absolute atomic E-state index is 0.651. The van der Waals surface area contributed by atoms with E-state index in [1.807, 2.05) is 38.2 Å². The van der Waals surface area contributed by atoms with Crippen molar-refractivity contribution in [2.45, 2.75) is 6.92 Å². The van der Waals surface area contributed by atoms with Crippen LogP contribution in [0.1, 0.15) is 5.56 Å². The summed E-state index contributed by atoms with van der Waals surface area (Å²) in [5.74, 6) is 0.651. The molecule has 2 N–H and O–H groups in total. The molecule has 1 aromatic carbocycles. The molecule has 4 nitrogen and oxygen atoms in total. The molecule has 0 atom stereocenters. The monoisotopic (exact) mass is 227 g/mol.